The average Bonchev–Trinajstić information content (AvgIpc) is 3.14. The smallest absolute Gasteiger partial charge is 0.266 e. The number of imide groups is 1. The van der Waals surface area contributed by atoms with E-state index in [0.717, 1.165) is 16.0 Å². The molecule has 0 saturated heterocycles. The minimum absolute atomic E-state index is 0.218. The fraction of sp³-hybridized carbons (Fsp3) is 0.0690. The molecule has 3 amide bonds. The van der Waals surface area contributed by atoms with E-state index in [9.17, 15) is 14.4 Å². The molecule has 4 aromatic carbocycles. The van der Waals surface area contributed by atoms with Gasteiger partial charge in [0.2, 0.25) is 5.91 Å². The predicted molar refractivity (Wildman–Crippen MR) is 132 cm³/mol. The maximum Gasteiger partial charge on any atom is 0.266 e. The number of carbonyl (C=O) groups is 3. The van der Waals surface area contributed by atoms with Gasteiger partial charge in [0.15, 0.2) is 0 Å². The minimum Gasteiger partial charge on any atom is -0.325 e. The van der Waals surface area contributed by atoms with Crippen molar-refractivity contribution in [1.29, 1.82) is 0 Å². The highest BCUT2D eigenvalue weighted by molar-refractivity contribution is 6.34. The summed E-state index contributed by atoms with van der Waals surface area (Å²) in [6.45, 7) is 1.89. The summed E-state index contributed by atoms with van der Waals surface area (Å²) in [5.74, 6) is -0.964. The predicted octanol–water partition coefficient (Wildman–Crippen LogP) is 5.43. The van der Waals surface area contributed by atoms with Gasteiger partial charge < -0.3 is 5.32 Å². The van der Waals surface area contributed by atoms with Crippen LogP contribution in [-0.2, 0) is 10.2 Å². The highest BCUT2D eigenvalue weighted by atomic mass is 16.2. The number of fused-ring (bicyclic) bond motifs is 1. The molecule has 0 aromatic heterocycles. The van der Waals surface area contributed by atoms with E-state index in [1.807, 2.05) is 67.6 Å². The molecule has 5 nitrogen and oxygen atoms in total. The second-order valence-electron chi connectivity index (χ2n) is 8.35. The largest absolute Gasteiger partial charge is 0.325 e. The number of benzene rings is 4. The van der Waals surface area contributed by atoms with Crippen LogP contribution in [0.1, 0.15) is 38.8 Å². The summed E-state index contributed by atoms with van der Waals surface area (Å²) in [5.41, 5.74) is 2.42. The van der Waals surface area contributed by atoms with Gasteiger partial charge in [0.1, 0.15) is 0 Å². The Morgan fingerprint density at radius 1 is 0.676 bits per heavy atom. The van der Waals surface area contributed by atoms with E-state index >= 15 is 0 Å². The molecule has 4 aromatic rings. The Balaban J connectivity index is 1.48. The molecule has 0 radical (unpaired) electrons. The van der Waals surface area contributed by atoms with Crippen LogP contribution in [0.25, 0.3) is 0 Å². The second kappa shape index (κ2) is 8.45. The Labute approximate surface area is 197 Å². The fourth-order valence-corrected chi connectivity index (χ4v) is 4.37. The molecule has 0 unspecified atom stereocenters. The van der Waals surface area contributed by atoms with Gasteiger partial charge in [-0.05, 0) is 48.4 Å². The second-order valence-corrected chi connectivity index (χ2v) is 8.35. The third kappa shape index (κ3) is 3.48. The van der Waals surface area contributed by atoms with Crippen LogP contribution in [0.3, 0.4) is 0 Å². The van der Waals surface area contributed by atoms with Crippen molar-refractivity contribution in [3.05, 3.63) is 131 Å². The molecule has 1 N–H and O–H groups in total. The topological polar surface area (TPSA) is 66.5 Å². The summed E-state index contributed by atoms with van der Waals surface area (Å²) in [7, 11) is 0. The normalized spacial score (nSPS) is 13.0. The molecule has 34 heavy (non-hydrogen) atoms. The lowest BCUT2D eigenvalue weighted by Crippen LogP contribution is -2.38. The van der Waals surface area contributed by atoms with Crippen molar-refractivity contribution in [3.63, 3.8) is 0 Å². The summed E-state index contributed by atoms with van der Waals surface area (Å²) in [6, 6.07) is 32.8. The summed E-state index contributed by atoms with van der Waals surface area (Å²) < 4.78 is 0. The highest BCUT2D eigenvalue weighted by Crippen LogP contribution is 2.34. The van der Waals surface area contributed by atoms with E-state index in [2.05, 4.69) is 5.32 Å². The lowest BCUT2D eigenvalue weighted by molar-refractivity contribution is -0.119. The molecule has 1 heterocycles. The van der Waals surface area contributed by atoms with Crippen LogP contribution in [0.4, 0.5) is 11.4 Å². The molecular weight excluding hydrogens is 424 g/mol. The molecule has 0 atom stereocenters. The van der Waals surface area contributed by atoms with Gasteiger partial charge in [0.05, 0.1) is 22.2 Å². The summed E-state index contributed by atoms with van der Waals surface area (Å²) in [5, 5.41) is 3.01. The zero-order valence-corrected chi connectivity index (χ0v) is 18.6. The Kier molecular flexibility index (Phi) is 5.30. The lowest BCUT2D eigenvalue weighted by Gasteiger charge is -2.30. The third-order valence-corrected chi connectivity index (χ3v) is 6.31. The first-order valence-electron chi connectivity index (χ1n) is 11.0. The van der Waals surface area contributed by atoms with Gasteiger partial charge in [0, 0.05) is 5.69 Å². The van der Waals surface area contributed by atoms with Crippen molar-refractivity contribution in [2.45, 2.75) is 12.3 Å². The van der Waals surface area contributed by atoms with Gasteiger partial charge in [0.25, 0.3) is 11.8 Å². The summed E-state index contributed by atoms with van der Waals surface area (Å²) in [4.78, 5) is 40.6. The Morgan fingerprint density at radius 3 is 1.71 bits per heavy atom. The Hall–Kier alpha value is -4.51. The fourth-order valence-electron chi connectivity index (χ4n) is 4.37. The van der Waals surface area contributed by atoms with E-state index < -0.39 is 5.41 Å². The van der Waals surface area contributed by atoms with Gasteiger partial charge in [-0.3, -0.25) is 14.4 Å². The lowest BCUT2D eigenvalue weighted by atomic mass is 9.75. The zero-order valence-electron chi connectivity index (χ0n) is 18.6. The molecule has 0 bridgehead atoms. The van der Waals surface area contributed by atoms with Gasteiger partial charge in [-0.25, -0.2) is 4.90 Å². The minimum atomic E-state index is -0.950. The first-order chi connectivity index (χ1) is 16.5. The Bertz CT molecular complexity index is 1320. The van der Waals surface area contributed by atoms with Gasteiger partial charge in [-0.15, -0.1) is 0 Å². The van der Waals surface area contributed by atoms with E-state index in [1.54, 1.807) is 48.5 Å². The molecule has 5 rings (SSSR count). The van der Waals surface area contributed by atoms with Gasteiger partial charge >= 0.3 is 0 Å². The Morgan fingerprint density at radius 2 is 1.18 bits per heavy atom. The zero-order chi connectivity index (χ0) is 23.7. The number of nitrogens with zero attached hydrogens (tertiary/aromatic N) is 1. The van der Waals surface area contributed by atoms with Gasteiger partial charge in [-0.1, -0.05) is 78.9 Å². The number of amides is 3. The van der Waals surface area contributed by atoms with Crippen molar-refractivity contribution >= 4 is 29.1 Å². The van der Waals surface area contributed by atoms with Crippen LogP contribution in [0.15, 0.2) is 109 Å². The number of hydrogen-bond donors (Lipinski definition) is 1. The van der Waals surface area contributed by atoms with Crippen LogP contribution in [0.2, 0.25) is 0 Å². The molecule has 166 valence electrons. The molecule has 0 aliphatic carbocycles. The van der Waals surface area contributed by atoms with Crippen LogP contribution >= 0.6 is 0 Å². The van der Waals surface area contributed by atoms with Crippen LogP contribution in [0.5, 0.6) is 0 Å². The molecule has 0 fully saturated rings. The van der Waals surface area contributed by atoms with Crippen LogP contribution in [-0.4, -0.2) is 17.7 Å². The van der Waals surface area contributed by atoms with E-state index in [-0.39, 0.29) is 17.7 Å². The number of carbonyl (C=O) groups excluding carboxylic acids is 3. The molecule has 1 aliphatic heterocycles. The van der Waals surface area contributed by atoms with Crippen molar-refractivity contribution in [3.8, 4) is 0 Å². The van der Waals surface area contributed by atoms with Crippen molar-refractivity contribution in [2.24, 2.45) is 0 Å². The number of rotatable bonds is 5. The van der Waals surface area contributed by atoms with Crippen LogP contribution in [0, 0.1) is 0 Å². The van der Waals surface area contributed by atoms with Crippen molar-refractivity contribution in [2.75, 3.05) is 10.2 Å². The quantitative estimate of drug-likeness (QED) is 0.416. The molecule has 0 saturated carbocycles. The third-order valence-electron chi connectivity index (χ3n) is 6.31. The monoisotopic (exact) mass is 446 g/mol. The highest BCUT2D eigenvalue weighted by Gasteiger charge is 2.38. The van der Waals surface area contributed by atoms with Crippen LogP contribution < -0.4 is 10.2 Å². The standard InChI is InChI=1S/C29H22N2O3/c1-29(20-11-4-2-5-12-20,21-13-6-3-7-14-21)28(34)30-22-15-10-16-23(19-22)31-26(32)24-17-8-9-18-25(24)27(31)33/h2-19H,1H3,(H,30,34). The first kappa shape index (κ1) is 21.3. The number of nitrogens with one attached hydrogen (secondary N) is 1. The SMILES string of the molecule is CC(C(=O)Nc1cccc(N2C(=O)c3ccccc3C2=O)c1)(c1ccccc1)c1ccccc1. The maximum atomic E-state index is 13.7. The molecular formula is C29H22N2O3. The summed E-state index contributed by atoms with van der Waals surface area (Å²) in [6.07, 6.45) is 0. The average molecular weight is 447 g/mol. The summed E-state index contributed by atoms with van der Waals surface area (Å²) >= 11 is 0. The number of hydrogen-bond acceptors (Lipinski definition) is 3. The maximum absolute atomic E-state index is 13.7. The molecule has 0 spiro atoms. The van der Waals surface area contributed by atoms with Crippen molar-refractivity contribution < 1.29 is 14.4 Å². The first-order valence-corrected chi connectivity index (χ1v) is 11.0. The van der Waals surface area contributed by atoms with E-state index in [4.69, 9.17) is 0 Å². The van der Waals surface area contributed by atoms with Gasteiger partial charge in [-0.2, -0.15) is 0 Å². The molecule has 5 heteroatoms. The van der Waals surface area contributed by atoms with E-state index in [0.29, 0.717) is 22.5 Å². The van der Waals surface area contributed by atoms with E-state index in [1.165, 1.54) is 0 Å². The number of anilines is 2. The van der Waals surface area contributed by atoms with Crippen molar-refractivity contribution in [1.82, 2.24) is 0 Å². The molecule has 1 aliphatic rings.